The Morgan fingerprint density at radius 3 is 2.58 bits per heavy atom. The summed E-state index contributed by atoms with van der Waals surface area (Å²) in [5.41, 5.74) is 3.02. The van der Waals surface area contributed by atoms with Crippen molar-refractivity contribution in [2.45, 2.75) is 6.04 Å². The van der Waals surface area contributed by atoms with E-state index in [2.05, 4.69) is 5.43 Å². The van der Waals surface area contributed by atoms with Crippen LogP contribution in [0.3, 0.4) is 0 Å². The van der Waals surface area contributed by atoms with Crippen molar-refractivity contribution in [3.63, 3.8) is 0 Å². The molecule has 1 aromatic carbocycles. The summed E-state index contributed by atoms with van der Waals surface area (Å²) in [5, 5.41) is 0. The third-order valence-electron chi connectivity index (χ3n) is 3.36. The molecule has 2 rings (SSSR count). The molecule has 0 aliphatic carbocycles. The van der Waals surface area contributed by atoms with Gasteiger partial charge in [-0.05, 0) is 5.56 Å². The number of benzene rings is 1. The predicted molar refractivity (Wildman–Crippen MR) is 70.7 cm³/mol. The minimum absolute atomic E-state index is 0.0111. The molecule has 1 atom stereocenters. The van der Waals surface area contributed by atoms with Crippen LogP contribution in [-0.2, 0) is 9.59 Å². The molecule has 1 unspecified atom stereocenters. The number of piperazine rings is 1. The fourth-order valence-corrected chi connectivity index (χ4v) is 2.24. The number of carbonyl (C=O) groups excluding carboxylic acids is 2. The second kappa shape index (κ2) is 5.81. The lowest BCUT2D eigenvalue weighted by Crippen LogP contribution is -2.53. The van der Waals surface area contributed by atoms with Crippen molar-refractivity contribution in [2.24, 2.45) is 5.84 Å². The second-order valence-corrected chi connectivity index (χ2v) is 4.61. The van der Waals surface area contributed by atoms with Gasteiger partial charge in [0.15, 0.2) is 0 Å². The van der Waals surface area contributed by atoms with Gasteiger partial charge in [0.1, 0.15) is 6.04 Å². The zero-order chi connectivity index (χ0) is 13.8. The Kier molecular flexibility index (Phi) is 4.13. The third-order valence-corrected chi connectivity index (χ3v) is 3.36. The molecule has 3 N–H and O–H groups in total. The maximum atomic E-state index is 12.0. The Morgan fingerprint density at radius 2 is 2.00 bits per heavy atom. The average molecular weight is 262 g/mol. The molecule has 6 nitrogen and oxygen atoms in total. The van der Waals surface area contributed by atoms with Crippen LogP contribution < -0.4 is 11.3 Å². The van der Waals surface area contributed by atoms with E-state index in [1.165, 1.54) is 0 Å². The van der Waals surface area contributed by atoms with Crippen molar-refractivity contribution in [1.82, 2.24) is 15.2 Å². The number of amides is 2. The highest BCUT2D eigenvalue weighted by molar-refractivity contribution is 5.84. The number of nitrogens with two attached hydrogens (primary N) is 1. The highest BCUT2D eigenvalue weighted by Crippen LogP contribution is 2.22. The molecule has 1 heterocycles. The van der Waals surface area contributed by atoms with Gasteiger partial charge in [-0.15, -0.1) is 0 Å². The van der Waals surface area contributed by atoms with E-state index in [1.54, 1.807) is 11.9 Å². The predicted octanol–water partition coefficient (Wildman–Crippen LogP) is -0.508. The van der Waals surface area contributed by atoms with Crippen molar-refractivity contribution >= 4 is 11.8 Å². The summed E-state index contributed by atoms with van der Waals surface area (Å²) in [6, 6.07) is 8.82. The van der Waals surface area contributed by atoms with Crippen molar-refractivity contribution in [1.29, 1.82) is 0 Å². The first-order valence-corrected chi connectivity index (χ1v) is 6.17. The number of likely N-dealkylation sites (N-methyl/N-ethyl adjacent to an activating group) is 1. The lowest BCUT2D eigenvalue weighted by molar-refractivity contribution is -0.138. The second-order valence-electron chi connectivity index (χ2n) is 4.61. The molecule has 6 heteroatoms. The normalized spacial score (nSPS) is 18.2. The van der Waals surface area contributed by atoms with E-state index in [1.807, 2.05) is 35.2 Å². The summed E-state index contributed by atoms with van der Waals surface area (Å²) in [6.45, 7) is 1.48. The van der Waals surface area contributed by atoms with E-state index in [0.29, 0.717) is 13.1 Å². The topological polar surface area (TPSA) is 78.7 Å². The monoisotopic (exact) mass is 262 g/mol. The number of hydrogen-bond donors (Lipinski definition) is 2. The van der Waals surface area contributed by atoms with E-state index >= 15 is 0 Å². The minimum atomic E-state index is -0.524. The van der Waals surface area contributed by atoms with Crippen LogP contribution in [0.25, 0.3) is 0 Å². The molecule has 0 aromatic heterocycles. The maximum Gasteiger partial charge on any atom is 0.255 e. The first-order valence-electron chi connectivity index (χ1n) is 6.17. The smallest absolute Gasteiger partial charge is 0.255 e. The zero-order valence-electron chi connectivity index (χ0n) is 10.9. The number of hydrogen-bond acceptors (Lipinski definition) is 4. The largest absolute Gasteiger partial charge is 0.343 e. The number of carbonyl (C=O) groups is 2. The van der Waals surface area contributed by atoms with Gasteiger partial charge in [-0.3, -0.25) is 19.9 Å². The quantitative estimate of drug-likeness (QED) is 0.437. The van der Waals surface area contributed by atoms with E-state index < -0.39 is 6.04 Å². The van der Waals surface area contributed by atoms with Crippen LogP contribution in [0, 0.1) is 0 Å². The molecule has 1 fully saturated rings. The Morgan fingerprint density at radius 1 is 1.32 bits per heavy atom. The Hall–Kier alpha value is -1.92. The van der Waals surface area contributed by atoms with E-state index in [-0.39, 0.29) is 18.4 Å². The molecular formula is C13H18N4O2. The number of rotatable bonds is 3. The molecule has 0 radical (unpaired) electrons. The van der Waals surface area contributed by atoms with Crippen molar-refractivity contribution in [2.75, 3.05) is 26.7 Å². The zero-order valence-corrected chi connectivity index (χ0v) is 10.9. The van der Waals surface area contributed by atoms with Crippen LogP contribution in [0.5, 0.6) is 0 Å². The van der Waals surface area contributed by atoms with Gasteiger partial charge in [0, 0.05) is 20.1 Å². The molecule has 1 aliphatic heterocycles. The van der Waals surface area contributed by atoms with Gasteiger partial charge < -0.3 is 4.90 Å². The van der Waals surface area contributed by atoms with Crippen molar-refractivity contribution in [3.05, 3.63) is 35.9 Å². The van der Waals surface area contributed by atoms with Crippen molar-refractivity contribution in [3.8, 4) is 0 Å². The number of hydrazine groups is 1. The van der Waals surface area contributed by atoms with Crippen LogP contribution in [0.15, 0.2) is 30.3 Å². The molecular weight excluding hydrogens is 244 g/mol. The molecule has 1 saturated heterocycles. The summed E-state index contributed by atoms with van der Waals surface area (Å²) in [7, 11) is 1.76. The first kappa shape index (κ1) is 13.5. The highest BCUT2D eigenvalue weighted by atomic mass is 16.2. The van der Waals surface area contributed by atoms with Gasteiger partial charge in [0.25, 0.3) is 5.91 Å². The molecule has 0 spiro atoms. The van der Waals surface area contributed by atoms with E-state index in [9.17, 15) is 9.59 Å². The molecule has 1 aromatic rings. The number of nitrogens with zero attached hydrogens (tertiary/aromatic N) is 2. The molecule has 0 bridgehead atoms. The van der Waals surface area contributed by atoms with Gasteiger partial charge in [-0.1, -0.05) is 30.3 Å². The fraction of sp³-hybridized carbons (Fsp3) is 0.385. The Labute approximate surface area is 112 Å². The first-order chi connectivity index (χ1) is 9.13. The van der Waals surface area contributed by atoms with Gasteiger partial charge in [-0.2, -0.15) is 0 Å². The van der Waals surface area contributed by atoms with Crippen LogP contribution in [0.2, 0.25) is 0 Å². The Bertz CT molecular complexity index is 463. The lowest BCUT2D eigenvalue weighted by Gasteiger charge is -2.36. The van der Waals surface area contributed by atoms with Gasteiger partial charge in [-0.25, -0.2) is 5.84 Å². The van der Waals surface area contributed by atoms with Gasteiger partial charge >= 0.3 is 0 Å². The SMILES string of the molecule is CN1CCN(C(C(=O)NN)c2ccccc2)CC1=O. The summed E-state index contributed by atoms with van der Waals surface area (Å²) >= 11 is 0. The maximum absolute atomic E-state index is 12.0. The molecule has 1 aliphatic rings. The number of nitrogens with one attached hydrogen (secondary N) is 1. The van der Waals surface area contributed by atoms with Crippen LogP contribution in [-0.4, -0.2) is 48.3 Å². The van der Waals surface area contributed by atoms with Gasteiger partial charge in [0.05, 0.1) is 6.54 Å². The fourth-order valence-electron chi connectivity index (χ4n) is 2.24. The van der Waals surface area contributed by atoms with Crippen LogP contribution in [0.1, 0.15) is 11.6 Å². The molecule has 0 saturated carbocycles. The lowest BCUT2D eigenvalue weighted by atomic mass is 10.0. The molecule has 19 heavy (non-hydrogen) atoms. The highest BCUT2D eigenvalue weighted by Gasteiger charge is 2.32. The standard InChI is InChI=1S/C13H18N4O2/c1-16-7-8-17(9-11(16)18)12(13(19)15-14)10-5-3-2-4-6-10/h2-6,12H,7-9,14H2,1H3,(H,15,19). The van der Waals surface area contributed by atoms with Crippen LogP contribution in [0.4, 0.5) is 0 Å². The van der Waals surface area contributed by atoms with E-state index in [4.69, 9.17) is 5.84 Å². The molecule has 2 amide bonds. The average Bonchev–Trinajstić information content (AvgIpc) is 2.44. The minimum Gasteiger partial charge on any atom is -0.343 e. The molecule has 102 valence electrons. The van der Waals surface area contributed by atoms with E-state index in [0.717, 1.165) is 5.56 Å². The summed E-state index contributed by atoms with van der Waals surface area (Å²) < 4.78 is 0. The Balaban J connectivity index is 2.24. The summed E-state index contributed by atoms with van der Waals surface area (Å²) in [5.74, 6) is 4.97. The van der Waals surface area contributed by atoms with Gasteiger partial charge in [0.2, 0.25) is 5.91 Å². The third kappa shape index (κ3) is 2.91. The summed E-state index contributed by atoms with van der Waals surface area (Å²) in [4.78, 5) is 27.3. The van der Waals surface area contributed by atoms with Crippen LogP contribution >= 0.6 is 0 Å². The van der Waals surface area contributed by atoms with Crippen molar-refractivity contribution < 1.29 is 9.59 Å². The summed E-state index contributed by atoms with van der Waals surface area (Å²) in [6.07, 6.45) is 0.